The molecule has 5 heteroatoms. The highest BCUT2D eigenvalue weighted by Gasteiger charge is 2.11. The quantitative estimate of drug-likeness (QED) is 0.456. The summed E-state index contributed by atoms with van der Waals surface area (Å²) in [6.45, 7) is 2.72. The summed E-state index contributed by atoms with van der Waals surface area (Å²) >= 11 is 9.33. The number of ether oxygens (including phenoxy) is 3. The van der Waals surface area contributed by atoms with Crippen LogP contribution in [-0.2, 0) is 10.1 Å². The topological polar surface area (TPSA) is 27.7 Å². The summed E-state index contributed by atoms with van der Waals surface area (Å²) in [6.07, 6.45) is 0. The van der Waals surface area contributed by atoms with Gasteiger partial charge in [-0.3, -0.25) is 0 Å². The number of rotatable bonds is 6. The fourth-order valence-electron chi connectivity index (χ4n) is 1.22. The number of benzene rings is 1. The molecular weight excluding hydrogens is 295 g/mol. The third kappa shape index (κ3) is 3.54. The fraction of sp³-hybridized carbons (Fsp3) is 0.455. The number of hydrogen-bond donors (Lipinski definition) is 0. The second kappa shape index (κ2) is 6.99. The zero-order valence-corrected chi connectivity index (χ0v) is 11.6. The van der Waals surface area contributed by atoms with Gasteiger partial charge in [0.1, 0.15) is 0 Å². The van der Waals surface area contributed by atoms with Gasteiger partial charge in [-0.25, -0.2) is 0 Å². The van der Waals surface area contributed by atoms with E-state index in [1.807, 2.05) is 13.0 Å². The summed E-state index contributed by atoms with van der Waals surface area (Å²) in [6, 6.07) is 3.55. The molecule has 0 aliphatic rings. The van der Waals surface area contributed by atoms with Crippen molar-refractivity contribution in [3.05, 3.63) is 22.7 Å². The van der Waals surface area contributed by atoms with E-state index < -0.39 is 0 Å². The van der Waals surface area contributed by atoms with Gasteiger partial charge >= 0.3 is 0 Å². The van der Waals surface area contributed by atoms with Crippen LogP contribution in [0.25, 0.3) is 0 Å². The monoisotopic (exact) mass is 308 g/mol. The van der Waals surface area contributed by atoms with Gasteiger partial charge in [-0.15, -0.1) is 0 Å². The average molecular weight is 310 g/mol. The van der Waals surface area contributed by atoms with Gasteiger partial charge in [-0.05, 0) is 13.0 Å². The Labute approximate surface area is 109 Å². The van der Waals surface area contributed by atoms with Crippen LogP contribution in [0.4, 0.5) is 0 Å². The maximum atomic E-state index is 5.95. The van der Waals surface area contributed by atoms with E-state index in [-0.39, 0.29) is 6.79 Å². The van der Waals surface area contributed by atoms with Gasteiger partial charge in [0, 0.05) is 28.6 Å². The smallest absolute Gasteiger partial charge is 0.189 e. The second-order valence-electron chi connectivity index (χ2n) is 2.98. The molecule has 0 fully saturated rings. The molecule has 0 heterocycles. The van der Waals surface area contributed by atoms with Gasteiger partial charge in [0.2, 0.25) is 0 Å². The van der Waals surface area contributed by atoms with Crippen LogP contribution >= 0.6 is 27.5 Å². The SMILES string of the molecule is CCOCOc1c(CBr)cc(Cl)cc1OC. The first-order valence-corrected chi connectivity index (χ1v) is 6.35. The lowest BCUT2D eigenvalue weighted by Gasteiger charge is -2.14. The minimum Gasteiger partial charge on any atom is -0.493 e. The average Bonchev–Trinajstić information content (AvgIpc) is 2.30. The van der Waals surface area contributed by atoms with Crippen LogP contribution in [0.15, 0.2) is 12.1 Å². The molecule has 0 bridgehead atoms. The molecule has 0 spiro atoms. The minimum absolute atomic E-state index is 0.203. The molecule has 0 atom stereocenters. The van der Waals surface area contributed by atoms with E-state index in [1.54, 1.807) is 13.2 Å². The van der Waals surface area contributed by atoms with Crippen molar-refractivity contribution in [2.75, 3.05) is 20.5 Å². The Morgan fingerprint density at radius 1 is 1.38 bits per heavy atom. The molecule has 1 rings (SSSR count). The molecule has 0 radical (unpaired) electrons. The standard InChI is InChI=1S/C11H14BrClO3/c1-3-15-7-16-11-8(6-12)4-9(13)5-10(11)14-2/h4-5H,3,6-7H2,1-2H3. The fourth-order valence-corrected chi connectivity index (χ4v) is 1.87. The van der Waals surface area contributed by atoms with Crippen molar-refractivity contribution in [2.45, 2.75) is 12.3 Å². The van der Waals surface area contributed by atoms with E-state index in [4.69, 9.17) is 25.8 Å². The zero-order chi connectivity index (χ0) is 12.0. The predicted molar refractivity (Wildman–Crippen MR) is 67.8 cm³/mol. The van der Waals surface area contributed by atoms with Crippen LogP contribution < -0.4 is 9.47 Å². The van der Waals surface area contributed by atoms with Crippen LogP contribution in [0.2, 0.25) is 5.02 Å². The van der Waals surface area contributed by atoms with Gasteiger partial charge in [0.05, 0.1) is 7.11 Å². The summed E-state index contributed by atoms with van der Waals surface area (Å²) in [5, 5.41) is 1.26. The Morgan fingerprint density at radius 3 is 2.69 bits per heavy atom. The van der Waals surface area contributed by atoms with Gasteiger partial charge in [-0.2, -0.15) is 0 Å². The van der Waals surface area contributed by atoms with Crippen LogP contribution in [0, 0.1) is 0 Å². The van der Waals surface area contributed by atoms with Crippen molar-refractivity contribution < 1.29 is 14.2 Å². The van der Waals surface area contributed by atoms with E-state index in [1.165, 1.54) is 0 Å². The Bertz CT molecular complexity index is 319. The molecule has 0 saturated carbocycles. The maximum absolute atomic E-state index is 5.95. The molecule has 1 aromatic rings. The number of alkyl halides is 1. The lowest BCUT2D eigenvalue weighted by molar-refractivity contribution is 0.0204. The van der Waals surface area contributed by atoms with Gasteiger partial charge in [-0.1, -0.05) is 27.5 Å². The summed E-state index contributed by atoms with van der Waals surface area (Å²) in [7, 11) is 1.58. The van der Waals surface area contributed by atoms with Gasteiger partial charge in [0.25, 0.3) is 0 Å². The van der Waals surface area contributed by atoms with Crippen molar-refractivity contribution in [1.29, 1.82) is 0 Å². The number of hydrogen-bond acceptors (Lipinski definition) is 3. The third-order valence-electron chi connectivity index (χ3n) is 1.95. The van der Waals surface area contributed by atoms with E-state index in [0.29, 0.717) is 28.5 Å². The second-order valence-corrected chi connectivity index (χ2v) is 3.98. The Hall–Kier alpha value is -0.450. The van der Waals surface area contributed by atoms with Crippen molar-refractivity contribution >= 4 is 27.5 Å². The zero-order valence-electron chi connectivity index (χ0n) is 9.26. The highest BCUT2D eigenvalue weighted by Crippen LogP contribution is 2.35. The van der Waals surface area contributed by atoms with Crippen LogP contribution in [0.1, 0.15) is 12.5 Å². The first kappa shape index (κ1) is 13.6. The summed E-state index contributed by atoms with van der Waals surface area (Å²) < 4.78 is 15.9. The predicted octanol–water partition coefficient (Wildman–Crippen LogP) is 3.62. The molecule has 0 unspecified atom stereocenters. The van der Waals surface area contributed by atoms with E-state index in [2.05, 4.69) is 15.9 Å². The number of halogens is 2. The van der Waals surface area contributed by atoms with Crippen molar-refractivity contribution in [2.24, 2.45) is 0 Å². The molecule has 0 aromatic heterocycles. The molecule has 3 nitrogen and oxygen atoms in total. The first-order valence-electron chi connectivity index (χ1n) is 4.85. The lowest BCUT2D eigenvalue weighted by atomic mass is 10.2. The minimum atomic E-state index is 0.203. The van der Waals surface area contributed by atoms with Crippen LogP contribution in [-0.4, -0.2) is 20.5 Å². The summed E-state index contributed by atoms with van der Waals surface area (Å²) in [5.74, 6) is 1.28. The Balaban J connectivity index is 2.93. The molecule has 90 valence electrons. The molecule has 0 saturated heterocycles. The Morgan fingerprint density at radius 2 is 2.12 bits per heavy atom. The normalized spacial score (nSPS) is 10.2. The Kier molecular flexibility index (Phi) is 5.95. The van der Waals surface area contributed by atoms with E-state index in [0.717, 1.165) is 5.56 Å². The van der Waals surface area contributed by atoms with E-state index >= 15 is 0 Å². The van der Waals surface area contributed by atoms with E-state index in [9.17, 15) is 0 Å². The molecule has 1 aromatic carbocycles. The highest BCUT2D eigenvalue weighted by molar-refractivity contribution is 9.08. The maximum Gasteiger partial charge on any atom is 0.189 e. The molecular formula is C11H14BrClO3. The molecule has 0 aliphatic heterocycles. The third-order valence-corrected chi connectivity index (χ3v) is 2.77. The van der Waals surface area contributed by atoms with Gasteiger partial charge in [0.15, 0.2) is 18.3 Å². The molecule has 16 heavy (non-hydrogen) atoms. The molecule has 0 aliphatic carbocycles. The lowest BCUT2D eigenvalue weighted by Crippen LogP contribution is -2.05. The first-order chi connectivity index (χ1) is 7.72. The van der Waals surface area contributed by atoms with Crippen molar-refractivity contribution in [3.8, 4) is 11.5 Å². The highest BCUT2D eigenvalue weighted by atomic mass is 79.9. The van der Waals surface area contributed by atoms with Crippen LogP contribution in [0.3, 0.4) is 0 Å². The molecule has 0 amide bonds. The molecule has 0 N–H and O–H groups in total. The van der Waals surface area contributed by atoms with Crippen LogP contribution in [0.5, 0.6) is 11.5 Å². The van der Waals surface area contributed by atoms with Crippen molar-refractivity contribution in [3.63, 3.8) is 0 Å². The van der Waals surface area contributed by atoms with Crippen molar-refractivity contribution in [1.82, 2.24) is 0 Å². The van der Waals surface area contributed by atoms with Gasteiger partial charge < -0.3 is 14.2 Å². The largest absolute Gasteiger partial charge is 0.493 e. The summed E-state index contributed by atoms with van der Waals surface area (Å²) in [5.41, 5.74) is 0.934. The summed E-state index contributed by atoms with van der Waals surface area (Å²) in [4.78, 5) is 0. The number of methoxy groups -OCH3 is 1.